The van der Waals surface area contributed by atoms with Crippen molar-refractivity contribution in [3.8, 4) is 11.5 Å². The largest absolute Gasteiger partial charge is 0.507 e. The monoisotopic (exact) mass is 508 g/mol. The standard InChI is InChI=1S/C29H36N2O6/c1-18-15-25(35-5)22(20-12-14-31(26(18)20)28(34)37-29(2,3)4)17-30-13-8-7-9-23(30)19-10-11-21(24(32)16-19)27(33)36-6/h10-12,14-16,23,32H,7-9,13,17H2,1-6H3. The number of benzene rings is 2. The minimum atomic E-state index is -0.604. The van der Waals surface area contributed by atoms with Crippen molar-refractivity contribution in [3.05, 3.63) is 58.8 Å². The second-order valence-corrected chi connectivity index (χ2v) is 10.6. The molecule has 1 aliphatic heterocycles. The number of phenols is 1. The molecule has 1 aromatic heterocycles. The van der Waals surface area contributed by atoms with E-state index in [9.17, 15) is 14.7 Å². The van der Waals surface area contributed by atoms with E-state index in [1.165, 1.54) is 7.11 Å². The predicted octanol–water partition coefficient (Wildman–Crippen LogP) is 5.96. The normalized spacial score (nSPS) is 16.5. The number of hydrogen-bond donors (Lipinski definition) is 1. The molecule has 4 rings (SSSR count). The van der Waals surface area contributed by atoms with Crippen LogP contribution in [0.4, 0.5) is 4.79 Å². The van der Waals surface area contributed by atoms with Gasteiger partial charge >= 0.3 is 12.1 Å². The highest BCUT2D eigenvalue weighted by atomic mass is 16.6. The van der Waals surface area contributed by atoms with E-state index in [1.807, 2.05) is 45.9 Å². The van der Waals surface area contributed by atoms with Crippen molar-refractivity contribution in [1.29, 1.82) is 0 Å². The number of rotatable bonds is 5. The Hall–Kier alpha value is -3.52. The van der Waals surface area contributed by atoms with Gasteiger partial charge in [-0.15, -0.1) is 0 Å². The summed E-state index contributed by atoms with van der Waals surface area (Å²) in [5, 5.41) is 11.4. The number of carbonyl (C=O) groups excluding carboxylic acids is 2. The summed E-state index contributed by atoms with van der Waals surface area (Å²) in [5.74, 6) is 0.116. The van der Waals surface area contributed by atoms with E-state index in [-0.39, 0.29) is 17.4 Å². The van der Waals surface area contributed by atoms with E-state index in [0.717, 1.165) is 59.2 Å². The fourth-order valence-electron chi connectivity index (χ4n) is 5.17. The van der Waals surface area contributed by atoms with Gasteiger partial charge in [0, 0.05) is 29.7 Å². The van der Waals surface area contributed by atoms with E-state index < -0.39 is 17.7 Å². The molecule has 8 heteroatoms. The van der Waals surface area contributed by atoms with E-state index in [1.54, 1.807) is 30.0 Å². The molecule has 2 heterocycles. The second-order valence-electron chi connectivity index (χ2n) is 10.6. The number of aromatic nitrogens is 1. The summed E-state index contributed by atoms with van der Waals surface area (Å²) in [7, 11) is 2.95. The summed E-state index contributed by atoms with van der Waals surface area (Å²) in [6.45, 7) is 8.99. The first kappa shape index (κ1) is 26.5. The molecule has 1 unspecified atom stereocenters. The zero-order chi connectivity index (χ0) is 26.9. The van der Waals surface area contributed by atoms with Crippen molar-refractivity contribution in [1.82, 2.24) is 9.47 Å². The summed E-state index contributed by atoms with van der Waals surface area (Å²) in [6.07, 6.45) is 4.38. The molecule has 1 atom stereocenters. The molecule has 0 bridgehead atoms. The Morgan fingerprint density at radius 3 is 2.51 bits per heavy atom. The number of esters is 1. The molecule has 0 radical (unpaired) electrons. The maximum atomic E-state index is 13.0. The smallest absolute Gasteiger partial charge is 0.419 e. The third-order valence-corrected chi connectivity index (χ3v) is 6.83. The number of piperidine rings is 1. The second kappa shape index (κ2) is 10.5. The fraction of sp³-hybridized carbons (Fsp3) is 0.448. The summed E-state index contributed by atoms with van der Waals surface area (Å²) in [6, 6.07) is 9.13. The Labute approximate surface area is 217 Å². The van der Waals surface area contributed by atoms with Crippen LogP contribution in [0.1, 0.15) is 73.1 Å². The van der Waals surface area contributed by atoms with Crippen molar-refractivity contribution < 1.29 is 28.9 Å². The Kier molecular flexibility index (Phi) is 7.50. The van der Waals surface area contributed by atoms with Gasteiger partial charge in [0.15, 0.2) is 0 Å². The highest BCUT2D eigenvalue weighted by Gasteiger charge is 2.28. The Balaban J connectivity index is 1.72. The third kappa shape index (κ3) is 5.44. The number of phenolic OH excluding ortho intramolecular Hbond substituents is 1. The zero-order valence-corrected chi connectivity index (χ0v) is 22.5. The van der Waals surface area contributed by atoms with E-state index >= 15 is 0 Å². The van der Waals surface area contributed by atoms with Crippen LogP contribution >= 0.6 is 0 Å². The van der Waals surface area contributed by atoms with Crippen molar-refractivity contribution in [2.45, 2.75) is 65.1 Å². The van der Waals surface area contributed by atoms with Crippen LogP contribution in [0.3, 0.4) is 0 Å². The third-order valence-electron chi connectivity index (χ3n) is 6.83. The zero-order valence-electron chi connectivity index (χ0n) is 22.5. The maximum absolute atomic E-state index is 13.0. The van der Waals surface area contributed by atoms with Gasteiger partial charge in [0.1, 0.15) is 22.7 Å². The molecule has 37 heavy (non-hydrogen) atoms. The number of methoxy groups -OCH3 is 2. The molecule has 2 aromatic carbocycles. The van der Waals surface area contributed by atoms with Crippen molar-refractivity contribution in [3.63, 3.8) is 0 Å². The van der Waals surface area contributed by atoms with E-state index in [2.05, 4.69) is 4.90 Å². The van der Waals surface area contributed by atoms with Gasteiger partial charge in [-0.1, -0.05) is 12.5 Å². The van der Waals surface area contributed by atoms with Gasteiger partial charge in [-0.2, -0.15) is 0 Å². The van der Waals surface area contributed by atoms with Crippen molar-refractivity contribution in [2.75, 3.05) is 20.8 Å². The van der Waals surface area contributed by atoms with Gasteiger partial charge in [-0.05, 0) is 82.5 Å². The van der Waals surface area contributed by atoms with Crippen LogP contribution in [0, 0.1) is 6.92 Å². The molecule has 8 nitrogen and oxygen atoms in total. The predicted molar refractivity (Wildman–Crippen MR) is 141 cm³/mol. The first-order chi connectivity index (χ1) is 17.5. The molecule has 3 aromatic rings. The number of aryl methyl sites for hydroxylation is 1. The summed E-state index contributed by atoms with van der Waals surface area (Å²) in [5.41, 5.74) is 3.21. The fourth-order valence-corrected chi connectivity index (χ4v) is 5.17. The SMILES string of the molecule is COC(=O)c1ccc(C2CCCCN2Cc2c(OC)cc(C)c3c2ccn3C(=O)OC(C)(C)C)cc1O. The van der Waals surface area contributed by atoms with Gasteiger partial charge in [0.25, 0.3) is 0 Å². The van der Waals surface area contributed by atoms with Crippen molar-refractivity contribution >= 4 is 23.0 Å². The lowest BCUT2D eigenvalue weighted by Gasteiger charge is -2.36. The van der Waals surface area contributed by atoms with Gasteiger partial charge in [0.2, 0.25) is 0 Å². The molecule has 0 amide bonds. The molecular formula is C29H36N2O6. The lowest BCUT2D eigenvalue weighted by Crippen LogP contribution is -2.33. The summed E-state index contributed by atoms with van der Waals surface area (Å²) < 4.78 is 17.8. The quantitative estimate of drug-likeness (QED) is 0.425. The summed E-state index contributed by atoms with van der Waals surface area (Å²) >= 11 is 0. The maximum Gasteiger partial charge on any atom is 0.419 e. The lowest BCUT2D eigenvalue weighted by atomic mass is 9.93. The molecule has 1 saturated heterocycles. The first-order valence-electron chi connectivity index (χ1n) is 12.6. The average Bonchev–Trinajstić information content (AvgIpc) is 3.30. The minimum absolute atomic E-state index is 0.0559. The number of hydrogen-bond acceptors (Lipinski definition) is 7. The number of likely N-dealkylation sites (tertiary alicyclic amines) is 1. The molecule has 198 valence electrons. The Morgan fingerprint density at radius 1 is 1.11 bits per heavy atom. The van der Waals surface area contributed by atoms with Crippen LogP contribution in [0.25, 0.3) is 10.9 Å². The van der Waals surface area contributed by atoms with E-state index in [0.29, 0.717) is 6.54 Å². The highest BCUT2D eigenvalue weighted by molar-refractivity contribution is 5.95. The highest BCUT2D eigenvalue weighted by Crippen LogP contribution is 2.39. The Morgan fingerprint density at radius 2 is 1.86 bits per heavy atom. The molecule has 0 saturated carbocycles. The summed E-state index contributed by atoms with van der Waals surface area (Å²) in [4.78, 5) is 27.3. The Bertz CT molecular complexity index is 1320. The van der Waals surface area contributed by atoms with Crippen molar-refractivity contribution in [2.24, 2.45) is 0 Å². The number of ether oxygens (including phenoxy) is 3. The van der Waals surface area contributed by atoms with Crippen LogP contribution in [0.2, 0.25) is 0 Å². The topological polar surface area (TPSA) is 90.2 Å². The number of nitrogens with zero attached hydrogens (tertiary/aromatic N) is 2. The van der Waals surface area contributed by atoms with Crippen LogP contribution in [0.15, 0.2) is 36.5 Å². The van der Waals surface area contributed by atoms with Gasteiger partial charge < -0.3 is 19.3 Å². The lowest BCUT2D eigenvalue weighted by molar-refractivity contribution is 0.0542. The number of fused-ring (bicyclic) bond motifs is 1. The molecule has 1 aliphatic rings. The average molecular weight is 509 g/mol. The number of aromatic hydroxyl groups is 1. The molecule has 1 fully saturated rings. The molecule has 1 N–H and O–H groups in total. The molecule has 0 spiro atoms. The molecule has 0 aliphatic carbocycles. The van der Waals surface area contributed by atoms with Gasteiger partial charge in [0.05, 0.1) is 19.7 Å². The van der Waals surface area contributed by atoms with E-state index in [4.69, 9.17) is 14.2 Å². The van der Waals surface area contributed by atoms with Crippen LogP contribution in [-0.4, -0.2) is 53.0 Å². The number of carbonyl (C=O) groups is 2. The minimum Gasteiger partial charge on any atom is -0.507 e. The van der Waals surface area contributed by atoms with Gasteiger partial charge in [-0.25, -0.2) is 9.59 Å². The molecular weight excluding hydrogens is 472 g/mol. The van der Waals surface area contributed by atoms with Crippen LogP contribution < -0.4 is 4.74 Å². The first-order valence-corrected chi connectivity index (χ1v) is 12.6. The van der Waals surface area contributed by atoms with Crippen LogP contribution in [0.5, 0.6) is 11.5 Å². The van der Waals surface area contributed by atoms with Gasteiger partial charge in [-0.3, -0.25) is 9.47 Å². The van der Waals surface area contributed by atoms with Crippen LogP contribution in [-0.2, 0) is 16.0 Å².